The molecule has 0 saturated heterocycles. The van der Waals surface area contributed by atoms with E-state index in [0.29, 0.717) is 6.42 Å². The van der Waals surface area contributed by atoms with Gasteiger partial charge in [-0.15, -0.1) is 11.3 Å². The van der Waals surface area contributed by atoms with Crippen LogP contribution in [0.3, 0.4) is 0 Å². The van der Waals surface area contributed by atoms with E-state index in [9.17, 15) is 12.8 Å². The van der Waals surface area contributed by atoms with E-state index in [1.165, 1.54) is 17.4 Å². The third kappa shape index (κ3) is 3.17. The Hall–Kier alpha value is -1.44. The molecule has 0 saturated carbocycles. The third-order valence-electron chi connectivity index (χ3n) is 2.85. The molecule has 1 aromatic carbocycles. The fourth-order valence-electron chi connectivity index (χ4n) is 1.85. The van der Waals surface area contributed by atoms with Crippen LogP contribution in [0.2, 0.25) is 0 Å². The van der Waals surface area contributed by atoms with Crippen LogP contribution in [0.15, 0.2) is 40.6 Å². The van der Waals surface area contributed by atoms with E-state index in [4.69, 9.17) is 5.73 Å². The van der Waals surface area contributed by atoms with Crippen LogP contribution in [-0.2, 0) is 10.0 Å². The molecule has 4 nitrogen and oxygen atoms in total. The zero-order chi connectivity index (χ0) is 14.8. The third-order valence-corrected chi connectivity index (χ3v) is 5.39. The van der Waals surface area contributed by atoms with Crippen molar-refractivity contribution in [2.45, 2.75) is 24.3 Å². The Kier molecular flexibility index (Phi) is 4.42. The van der Waals surface area contributed by atoms with Crippen molar-refractivity contribution in [3.05, 3.63) is 46.4 Å². The van der Waals surface area contributed by atoms with E-state index in [-0.39, 0.29) is 16.6 Å². The molecular weight excluding hydrogens is 299 g/mol. The van der Waals surface area contributed by atoms with Crippen LogP contribution < -0.4 is 10.5 Å². The Morgan fingerprint density at radius 3 is 2.70 bits per heavy atom. The Morgan fingerprint density at radius 1 is 1.40 bits per heavy atom. The van der Waals surface area contributed by atoms with Crippen LogP contribution in [0.4, 0.5) is 10.1 Å². The van der Waals surface area contributed by atoms with Gasteiger partial charge in [0.2, 0.25) is 10.0 Å². The molecule has 0 aliphatic carbocycles. The molecule has 1 unspecified atom stereocenters. The molecule has 1 atom stereocenters. The Bertz CT molecular complexity index is 684. The number of anilines is 1. The molecule has 7 heteroatoms. The van der Waals surface area contributed by atoms with Crippen molar-refractivity contribution in [3.8, 4) is 0 Å². The number of nitrogens with one attached hydrogen (secondary N) is 1. The molecule has 1 aromatic heterocycles. The van der Waals surface area contributed by atoms with E-state index in [0.717, 1.165) is 17.0 Å². The summed E-state index contributed by atoms with van der Waals surface area (Å²) in [4.78, 5) is 0.825. The summed E-state index contributed by atoms with van der Waals surface area (Å²) in [6.07, 6.45) is 0.612. The van der Waals surface area contributed by atoms with Gasteiger partial charge in [0.05, 0.1) is 11.7 Å². The van der Waals surface area contributed by atoms with E-state index < -0.39 is 15.8 Å². The number of nitrogens with two attached hydrogens (primary N) is 1. The van der Waals surface area contributed by atoms with Gasteiger partial charge in [-0.2, -0.15) is 0 Å². The van der Waals surface area contributed by atoms with Crippen LogP contribution >= 0.6 is 11.3 Å². The van der Waals surface area contributed by atoms with Gasteiger partial charge in [-0.3, -0.25) is 0 Å². The minimum atomic E-state index is -3.78. The molecule has 0 bridgehead atoms. The summed E-state index contributed by atoms with van der Waals surface area (Å²) in [7, 11) is -3.78. The lowest BCUT2D eigenvalue weighted by atomic mass is 10.2. The van der Waals surface area contributed by atoms with Crippen molar-refractivity contribution in [2.24, 2.45) is 0 Å². The second-order valence-corrected chi connectivity index (χ2v) is 6.94. The lowest BCUT2D eigenvalue weighted by molar-refractivity contribution is 0.553. The second kappa shape index (κ2) is 5.90. The monoisotopic (exact) mass is 314 g/mol. The molecule has 2 aromatic rings. The highest BCUT2D eigenvalue weighted by Gasteiger charge is 2.23. The summed E-state index contributed by atoms with van der Waals surface area (Å²) in [6.45, 7) is 1.89. The summed E-state index contributed by atoms with van der Waals surface area (Å²) < 4.78 is 40.2. The molecule has 0 fully saturated rings. The average Bonchev–Trinajstić information content (AvgIpc) is 2.89. The van der Waals surface area contributed by atoms with Gasteiger partial charge in [0.15, 0.2) is 0 Å². The van der Waals surface area contributed by atoms with Gasteiger partial charge in [0.1, 0.15) is 10.7 Å². The maximum Gasteiger partial charge on any atom is 0.243 e. The molecule has 20 heavy (non-hydrogen) atoms. The SMILES string of the molecule is CCC(NS(=O)(=O)c1ccc(F)cc1N)c1cccs1. The first-order valence-corrected chi connectivity index (χ1v) is 8.41. The standard InChI is InChI=1S/C13H15FN2O2S2/c1-2-11(12-4-3-7-19-12)16-20(17,18)13-6-5-9(14)8-10(13)15/h3-8,11,16H,2,15H2,1H3. The Labute approximate surface area is 121 Å². The Balaban J connectivity index is 2.31. The number of thiophene rings is 1. The van der Waals surface area contributed by atoms with Crippen molar-refractivity contribution in [2.75, 3.05) is 5.73 Å². The molecule has 0 amide bonds. The van der Waals surface area contributed by atoms with E-state index in [1.54, 1.807) is 0 Å². The first kappa shape index (κ1) is 15.0. The number of halogens is 1. The van der Waals surface area contributed by atoms with Crippen molar-refractivity contribution in [3.63, 3.8) is 0 Å². The van der Waals surface area contributed by atoms with Crippen LogP contribution in [0.25, 0.3) is 0 Å². The fourth-order valence-corrected chi connectivity index (χ4v) is 4.19. The van der Waals surface area contributed by atoms with Crippen molar-refractivity contribution in [1.29, 1.82) is 0 Å². The van der Waals surface area contributed by atoms with Gasteiger partial charge in [-0.25, -0.2) is 17.5 Å². The molecule has 0 radical (unpaired) electrons. The number of benzene rings is 1. The van der Waals surface area contributed by atoms with Crippen LogP contribution in [-0.4, -0.2) is 8.42 Å². The van der Waals surface area contributed by atoms with Gasteiger partial charge in [0.25, 0.3) is 0 Å². The minimum absolute atomic E-state index is 0.0986. The minimum Gasteiger partial charge on any atom is -0.398 e. The number of hydrogen-bond donors (Lipinski definition) is 2. The summed E-state index contributed by atoms with van der Waals surface area (Å²) >= 11 is 1.48. The highest BCUT2D eigenvalue weighted by atomic mass is 32.2. The Morgan fingerprint density at radius 2 is 2.15 bits per heavy atom. The van der Waals surface area contributed by atoms with Gasteiger partial charge < -0.3 is 5.73 Å². The largest absolute Gasteiger partial charge is 0.398 e. The zero-order valence-corrected chi connectivity index (χ0v) is 12.5. The zero-order valence-electron chi connectivity index (χ0n) is 10.8. The number of rotatable bonds is 5. The van der Waals surface area contributed by atoms with Crippen LogP contribution in [0.5, 0.6) is 0 Å². The summed E-state index contributed by atoms with van der Waals surface area (Å²) in [6, 6.07) is 6.68. The predicted octanol–water partition coefficient (Wildman–Crippen LogP) is 2.90. The average molecular weight is 314 g/mol. The fraction of sp³-hybridized carbons (Fsp3) is 0.231. The lowest BCUT2D eigenvalue weighted by Crippen LogP contribution is -2.28. The highest BCUT2D eigenvalue weighted by molar-refractivity contribution is 7.89. The summed E-state index contributed by atoms with van der Waals surface area (Å²) in [5.74, 6) is -0.563. The molecule has 3 N–H and O–H groups in total. The van der Waals surface area contributed by atoms with E-state index >= 15 is 0 Å². The van der Waals surface area contributed by atoms with Gasteiger partial charge in [-0.1, -0.05) is 13.0 Å². The van der Waals surface area contributed by atoms with Crippen molar-refractivity contribution < 1.29 is 12.8 Å². The molecule has 0 aliphatic rings. The first-order valence-electron chi connectivity index (χ1n) is 6.05. The normalized spacial score (nSPS) is 13.3. The molecule has 1 heterocycles. The quantitative estimate of drug-likeness (QED) is 0.834. The number of hydrogen-bond acceptors (Lipinski definition) is 4. The van der Waals surface area contributed by atoms with Gasteiger partial charge in [-0.05, 0) is 36.1 Å². The first-order chi connectivity index (χ1) is 9.44. The van der Waals surface area contributed by atoms with E-state index in [2.05, 4.69) is 4.72 Å². The molecular formula is C13H15FN2O2S2. The maximum atomic E-state index is 13.0. The van der Waals surface area contributed by atoms with Crippen molar-refractivity contribution in [1.82, 2.24) is 4.72 Å². The smallest absolute Gasteiger partial charge is 0.243 e. The summed E-state index contributed by atoms with van der Waals surface area (Å²) in [5, 5.41) is 1.89. The van der Waals surface area contributed by atoms with Crippen molar-refractivity contribution >= 4 is 27.0 Å². The molecule has 108 valence electrons. The van der Waals surface area contributed by atoms with Crippen LogP contribution in [0, 0.1) is 5.82 Å². The topological polar surface area (TPSA) is 72.2 Å². The maximum absolute atomic E-state index is 13.0. The molecule has 0 aliphatic heterocycles. The van der Waals surface area contributed by atoms with E-state index in [1.807, 2.05) is 24.4 Å². The van der Waals surface area contributed by atoms with Gasteiger partial charge >= 0.3 is 0 Å². The molecule has 0 spiro atoms. The molecule has 2 rings (SSSR count). The lowest BCUT2D eigenvalue weighted by Gasteiger charge is -2.16. The highest BCUT2D eigenvalue weighted by Crippen LogP contribution is 2.26. The number of nitrogen functional groups attached to an aromatic ring is 1. The predicted molar refractivity (Wildman–Crippen MR) is 78.5 cm³/mol. The second-order valence-electron chi connectivity index (χ2n) is 4.28. The number of sulfonamides is 1. The van der Waals surface area contributed by atoms with Gasteiger partial charge in [0, 0.05) is 4.88 Å². The summed E-state index contributed by atoms with van der Waals surface area (Å²) in [5.41, 5.74) is 5.49. The van der Waals surface area contributed by atoms with Crippen LogP contribution in [0.1, 0.15) is 24.3 Å².